The van der Waals surface area contributed by atoms with Crippen LogP contribution in [0.5, 0.6) is 0 Å². The Hall–Kier alpha value is -2.56. The van der Waals surface area contributed by atoms with Crippen molar-refractivity contribution in [1.29, 1.82) is 0 Å². The maximum Gasteiger partial charge on any atom is 0.339 e. The second-order valence-corrected chi connectivity index (χ2v) is 4.42. The molecule has 5 nitrogen and oxygen atoms in total. The van der Waals surface area contributed by atoms with Gasteiger partial charge in [0, 0.05) is 29.8 Å². The number of carbonyl (C=O) groups is 2. The van der Waals surface area contributed by atoms with Gasteiger partial charge in [0.2, 0.25) is 0 Å². The average molecular weight is 268 g/mol. The minimum absolute atomic E-state index is 0.0353. The highest BCUT2D eigenvalue weighted by atomic mass is 16.5. The van der Waals surface area contributed by atoms with Crippen LogP contribution < -0.4 is 0 Å². The minimum atomic E-state index is -0.404. The van der Waals surface area contributed by atoms with E-state index in [1.54, 1.807) is 31.3 Å². The van der Waals surface area contributed by atoms with E-state index >= 15 is 0 Å². The van der Waals surface area contributed by atoms with Gasteiger partial charge in [-0.15, -0.1) is 0 Å². The number of hydrogen-bond acceptors (Lipinski definition) is 5. The number of aromatic nitrogens is 1. The Bertz CT molecular complexity index is 750. The molecule has 0 atom stereocenters. The van der Waals surface area contributed by atoms with Crippen molar-refractivity contribution in [3.63, 3.8) is 0 Å². The molecule has 0 radical (unpaired) electrons. The fourth-order valence-electron chi connectivity index (χ4n) is 2.20. The average Bonchev–Trinajstić information content (AvgIpc) is 2.47. The number of hydrogen-bond donors (Lipinski definition) is 0. The number of pyridine rings is 1. The molecule has 0 aliphatic carbocycles. The van der Waals surface area contributed by atoms with E-state index < -0.39 is 5.97 Å². The summed E-state index contributed by atoms with van der Waals surface area (Å²) < 4.78 is 4.94. The Morgan fingerprint density at radius 2 is 2.25 bits per heavy atom. The lowest BCUT2D eigenvalue weighted by molar-refractivity contribution is 0.0526. The first-order valence-electron chi connectivity index (χ1n) is 6.36. The minimum Gasteiger partial charge on any atom is -0.462 e. The van der Waals surface area contributed by atoms with Crippen molar-refractivity contribution in [2.75, 3.05) is 6.61 Å². The summed E-state index contributed by atoms with van der Waals surface area (Å²) in [6.07, 6.45) is 3.36. The van der Waals surface area contributed by atoms with Crippen LogP contribution >= 0.6 is 0 Å². The van der Waals surface area contributed by atoms with Crippen LogP contribution in [0.15, 0.2) is 29.4 Å². The number of esters is 1. The number of benzene rings is 1. The Labute approximate surface area is 115 Å². The number of ether oxygens (including phenoxy) is 1. The third-order valence-electron chi connectivity index (χ3n) is 3.13. The zero-order chi connectivity index (χ0) is 14.1. The summed E-state index contributed by atoms with van der Waals surface area (Å²) in [6.45, 7) is 2.07. The summed E-state index contributed by atoms with van der Waals surface area (Å²) >= 11 is 0. The molecule has 0 bridgehead atoms. The van der Waals surface area contributed by atoms with Crippen molar-refractivity contribution in [3.05, 3.63) is 35.5 Å². The summed E-state index contributed by atoms with van der Waals surface area (Å²) in [4.78, 5) is 32.0. The number of rotatable bonds is 2. The van der Waals surface area contributed by atoms with Crippen molar-refractivity contribution in [2.45, 2.75) is 13.3 Å². The SMILES string of the molecule is CCOC(=O)c1cnc2c3c(ccc2c1)C(=O)CC=N3. The number of carbonyl (C=O) groups excluding carboxylic acids is 2. The van der Waals surface area contributed by atoms with Crippen LogP contribution in [0, 0.1) is 0 Å². The Balaban J connectivity index is 2.15. The lowest BCUT2D eigenvalue weighted by Gasteiger charge is -2.11. The van der Waals surface area contributed by atoms with Gasteiger partial charge in [-0.1, -0.05) is 6.07 Å². The van der Waals surface area contributed by atoms with Gasteiger partial charge in [0.15, 0.2) is 5.78 Å². The van der Waals surface area contributed by atoms with E-state index in [1.165, 1.54) is 6.20 Å². The van der Waals surface area contributed by atoms with Crippen LogP contribution in [0.1, 0.15) is 34.1 Å². The maximum absolute atomic E-state index is 11.8. The van der Waals surface area contributed by atoms with Gasteiger partial charge in [-0.05, 0) is 19.1 Å². The number of ketones is 1. The molecule has 0 saturated heterocycles. The van der Waals surface area contributed by atoms with E-state index in [0.29, 0.717) is 35.4 Å². The molecule has 0 unspecified atom stereocenters. The number of aliphatic imine (C=N–C) groups is 1. The molecule has 100 valence electrons. The molecule has 20 heavy (non-hydrogen) atoms. The molecule has 1 aromatic heterocycles. The summed E-state index contributed by atoms with van der Waals surface area (Å²) in [6, 6.07) is 5.21. The Kier molecular flexibility index (Phi) is 3.02. The van der Waals surface area contributed by atoms with Crippen molar-refractivity contribution in [3.8, 4) is 0 Å². The van der Waals surface area contributed by atoms with Gasteiger partial charge in [-0.25, -0.2) is 4.79 Å². The molecule has 1 aromatic carbocycles. The van der Waals surface area contributed by atoms with Crippen molar-refractivity contribution < 1.29 is 14.3 Å². The Morgan fingerprint density at radius 3 is 3.05 bits per heavy atom. The molecule has 2 heterocycles. The maximum atomic E-state index is 11.8. The van der Waals surface area contributed by atoms with Crippen LogP contribution in [-0.4, -0.2) is 29.6 Å². The van der Waals surface area contributed by atoms with Crippen molar-refractivity contribution in [1.82, 2.24) is 4.98 Å². The van der Waals surface area contributed by atoms with Crippen LogP contribution in [0.2, 0.25) is 0 Å². The fraction of sp³-hybridized carbons (Fsp3) is 0.200. The number of Topliss-reactive ketones (excluding diaryl/α,β-unsaturated/α-hetero) is 1. The lowest BCUT2D eigenvalue weighted by atomic mass is 10.0. The zero-order valence-electron chi connectivity index (χ0n) is 10.9. The van der Waals surface area contributed by atoms with Gasteiger partial charge in [-0.3, -0.25) is 14.8 Å². The molecule has 2 aromatic rings. The molecule has 1 aliphatic heterocycles. The molecule has 0 spiro atoms. The topological polar surface area (TPSA) is 68.6 Å². The number of nitrogens with zero attached hydrogens (tertiary/aromatic N) is 2. The van der Waals surface area contributed by atoms with Gasteiger partial charge in [0.25, 0.3) is 0 Å². The fourth-order valence-corrected chi connectivity index (χ4v) is 2.20. The van der Waals surface area contributed by atoms with E-state index in [1.807, 2.05) is 0 Å². The molecule has 0 N–H and O–H groups in total. The first-order valence-corrected chi connectivity index (χ1v) is 6.36. The predicted molar refractivity (Wildman–Crippen MR) is 74.8 cm³/mol. The van der Waals surface area contributed by atoms with Gasteiger partial charge in [0.05, 0.1) is 23.4 Å². The Morgan fingerprint density at radius 1 is 1.40 bits per heavy atom. The van der Waals surface area contributed by atoms with Crippen LogP contribution in [0.3, 0.4) is 0 Å². The van der Waals surface area contributed by atoms with E-state index in [-0.39, 0.29) is 5.78 Å². The standard InChI is InChI=1S/C15H12N2O3/c1-2-20-15(19)10-7-9-3-4-11-12(18)5-6-16-14(11)13(9)17-8-10/h3-4,6-8H,2,5H2,1H3. The molecule has 0 amide bonds. The van der Waals surface area contributed by atoms with Crippen molar-refractivity contribution >= 4 is 34.6 Å². The van der Waals surface area contributed by atoms with Crippen LogP contribution in [0.25, 0.3) is 10.9 Å². The highest BCUT2D eigenvalue weighted by molar-refractivity contribution is 6.14. The van der Waals surface area contributed by atoms with E-state index in [9.17, 15) is 9.59 Å². The summed E-state index contributed by atoms with van der Waals surface area (Å²) in [5.74, 6) is -0.368. The first-order chi connectivity index (χ1) is 9.70. The molecule has 1 aliphatic rings. The van der Waals surface area contributed by atoms with Gasteiger partial charge in [0.1, 0.15) is 0 Å². The monoisotopic (exact) mass is 268 g/mol. The van der Waals surface area contributed by atoms with Crippen molar-refractivity contribution in [2.24, 2.45) is 4.99 Å². The summed E-state index contributed by atoms with van der Waals surface area (Å²) in [5.41, 5.74) is 2.18. The third kappa shape index (κ3) is 1.97. The molecule has 0 saturated carbocycles. The van der Waals surface area contributed by atoms with E-state index in [4.69, 9.17) is 4.74 Å². The molecular formula is C15H12N2O3. The molecule has 3 rings (SSSR count). The molecular weight excluding hydrogens is 256 g/mol. The van der Waals surface area contributed by atoms with Crippen LogP contribution in [0.4, 0.5) is 5.69 Å². The summed E-state index contributed by atoms with van der Waals surface area (Å²) in [5, 5.41) is 0.765. The predicted octanol–water partition coefficient (Wildman–Crippen LogP) is 2.70. The first kappa shape index (κ1) is 12.5. The quantitative estimate of drug-likeness (QED) is 0.785. The second-order valence-electron chi connectivity index (χ2n) is 4.42. The number of fused-ring (bicyclic) bond motifs is 3. The van der Waals surface area contributed by atoms with E-state index in [0.717, 1.165) is 5.39 Å². The zero-order valence-corrected chi connectivity index (χ0v) is 10.9. The normalized spacial score (nSPS) is 13.3. The highest BCUT2D eigenvalue weighted by Crippen LogP contribution is 2.31. The molecule has 0 fully saturated rings. The van der Waals surface area contributed by atoms with Gasteiger partial charge in [-0.2, -0.15) is 0 Å². The summed E-state index contributed by atoms with van der Waals surface area (Å²) in [7, 11) is 0. The highest BCUT2D eigenvalue weighted by Gasteiger charge is 2.18. The molecule has 5 heteroatoms. The third-order valence-corrected chi connectivity index (χ3v) is 3.13. The van der Waals surface area contributed by atoms with Crippen LogP contribution in [-0.2, 0) is 4.74 Å². The lowest BCUT2D eigenvalue weighted by Crippen LogP contribution is -2.07. The second kappa shape index (κ2) is 4.85. The van der Waals surface area contributed by atoms with Gasteiger partial charge >= 0.3 is 5.97 Å². The largest absolute Gasteiger partial charge is 0.462 e. The van der Waals surface area contributed by atoms with E-state index in [2.05, 4.69) is 9.98 Å². The van der Waals surface area contributed by atoms with Gasteiger partial charge < -0.3 is 4.74 Å². The smallest absolute Gasteiger partial charge is 0.339 e.